The van der Waals surface area contributed by atoms with Crippen LogP contribution in [-0.4, -0.2) is 193 Å². The second-order valence-corrected chi connectivity index (χ2v) is 28.8. The van der Waals surface area contributed by atoms with E-state index in [-0.39, 0.29) is 18.9 Å². The van der Waals surface area contributed by atoms with E-state index in [2.05, 4.69) is 116 Å². The van der Waals surface area contributed by atoms with Gasteiger partial charge in [0.25, 0.3) is 0 Å². The Bertz CT molecular complexity index is 2300. The average molecular weight is 1470 g/mol. The molecule has 3 rings (SSSR count). The number of carbonyl (C=O) groups is 1. The van der Waals surface area contributed by atoms with E-state index in [1.165, 1.54) is 173 Å². The fraction of sp³-hybridized carbons (Fsp3) is 0.776. The molecular weight excluding hydrogens is 1320 g/mol. The molecule has 104 heavy (non-hydrogen) atoms. The van der Waals surface area contributed by atoms with Crippen LogP contribution in [0, 0.1) is 0 Å². The van der Waals surface area contributed by atoms with Crippen molar-refractivity contribution in [2.45, 2.75) is 394 Å². The summed E-state index contributed by atoms with van der Waals surface area (Å²) in [6.07, 6.45) is 62.2. The molecule has 3 heterocycles. The second kappa shape index (κ2) is 64.3. The predicted molar refractivity (Wildman–Crippen MR) is 415 cm³/mol. The molecule has 3 fully saturated rings. The summed E-state index contributed by atoms with van der Waals surface area (Å²) in [4.78, 5) is 13.5. The topological polar surface area (TPSA) is 307 Å². The lowest BCUT2D eigenvalue weighted by Gasteiger charge is -2.48. The Morgan fingerprint density at radius 1 is 0.356 bits per heavy atom. The number of aliphatic hydroxyl groups is 11. The smallest absolute Gasteiger partial charge is 0.220 e. The number of aliphatic hydroxyl groups excluding tert-OH is 11. The largest absolute Gasteiger partial charge is 0.394 e. The van der Waals surface area contributed by atoms with Crippen LogP contribution in [0.2, 0.25) is 0 Å². The first kappa shape index (κ1) is 94.7. The van der Waals surface area contributed by atoms with E-state index >= 15 is 0 Å². The zero-order valence-electron chi connectivity index (χ0n) is 64.2. The average Bonchev–Trinajstić information content (AvgIpc) is 0.783. The van der Waals surface area contributed by atoms with Gasteiger partial charge in [0.1, 0.15) is 73.2 Å². The van der Waals surface area contributed by atoms with Crippen LogP contribution in [-0.2, 0) is 33.2 Å². The fourth-order valence-corrected chi connectivity index (χ4v) is 13.2. The molecule has 17 atom stereocenters. The van der Waals surface area contributed by atoms with Crippen molar-refractivity contribution in [2.75, 3.05) is 26.4 Å². The fourth-order valence-electron chi connectivity index (χ4n) is 13.2. The van der Waals surface area contributed by atoms with Crippen molar-refractivity contribution >= 4 is 5.91 Å². The normalized spacial score (nSPS) is 26.5. The van der Waals surface area contributed by atoms with Crippen molar-refractivity contribution in [3.05, 3.63) is 109 Å². The van der Waals surface area contributed by atoms with E-state index in [0.717, 1.165) is 83.5 Å². The summed E-state index contributed by atoms with van der Waals surface area (Å²) >= 11 is 0. The highest BCUT2D eigenvalue weighted by Gasteiger charge is 2.54. The van der Waals surface area contributed by atoms with Gasteiger partial charge in [0.15, 0.2) is 18.9 Å². The summed E-state index contributed by atoms with van der Waals surface area (Å²) in [7, 11) is 0. The Morgan fingerprint density at radius 3 is 1.08 bits per heavy atom. The highest BCUT2D eigenvalue weighted by atomic mass is 16.8. The number of hydrogen-bond acceptors (Lipinski definition) is 18. The maximum Gasteiger partial charge on any atom is 0.220 e. The summed E-state index contributed by atoms with van der Waals surface area (Å²) < 4.78 is 34.4. The molecular formula is C85H147NO18. The van der Waals surface area contributed by atoms with Crippen molar-refractivity contribution in [1.29, 1.82) is 0 Å². The Kier molecular flexibility index (Phi) is 58.5. The quantitative estimate of drug-likeness (QED) is 0.0199. The lowest BCUT2D eigenvalue weighted by molar-refractivity contribution is -0.379. The van der Waals surface area contributed by atoms with Gasteiger partial charge in [-0.2, -0.15) is 0 Å². The first-order chi connectivity index (χ1) is 50.8. The van der Waals surface area contributed by atoms with Gasteiger partial charge in [-0.3, -0.25) is 4.79 Å². The van der Waals surface area contributed by atoms with Crippen molar-refractivity contribution in [1.82, 2.24) is 5.32 Å². The maximum atomic E-state index is 13.5. The number of nitrogens with one attached hydrogen (secondary N) is 1. The van der Waals surface area contributed by atoms with Gasteiger partial charge in [-0.25, -0.2) is 0 Å². The highest BCUT2D eigenvalue weighted by Crippen LogP contribution is 2.33. The lowest BCUT2D eigenvalue weighted by atomic mass is 9.96. The van der Waals surface area contributed by atoms with E-state index in [9.17, 15) is 61.0 Å². The Labute approximate surface area is 627 Å². The Balaban J connectivity index is 1.37. The Morgan fingerprint density at radius 2 is 0.673 bits per heavy atom. The summed E-state index contributed by atoms with van der Waals surface area (Å²) in [6.45, 7) is 1.62. The minimum Gasteiger partial charge on any atom is -0.394 e. The second-order valence-electron chi connectivity index (χ2n) is 28.8. The molecule has 3 aliphatic heterocycles. The number of hydrogen-bond donors (Lipinski definition) is 12. The van der Waals surface area contributed by atoms with Crippen molar-refractivity contribution in [2.24, 2.45) is 0 Å². The van der Waals surface area contributed by atoms with E-state index in [1.54, 1.807) is 6.08 Å². The minimum absolute atomic E-state index is 0.227. The van der Waals surface area contributed by atoms with E-state index in [1.807, 2.05) is 6.08 Å². The zero-order valence-corrected chi connectivity index (χ0v) is 64.2. The molecule has 0 spiro atoms. The molecule has 17 unspecified atom stereocenters. The summed E-state index contributed by atoms with van der Waals surface area (Å²) in [5.41, 5.74) is 0. The van der Waals surface area contributed by atoms with E-state index in [4.69, 9.17) is 28.4 Å². The van der Waals surface area contributed by atoms with Crippen molar-refractivity contribution in [3.8, 4) is 0 Å². The molecule has 3 aliphatic rings. The molecule has 600 valence electrons. The number of amides is 1. The van der Waals surface area contributed by atoms with Crippen LogP contribution in [0.25, 0.3) is 0 Å². The zero-order chi connectivity index (χ0) is 75.3. The molecule has 0 aliphatic carbocycles. The molecule has 3 saturated heterocycles. The molecule has 19 heteroatoms. The first-order valence-electron chi connectivity index (χ1n) is 41.1. The molecule has 0 bridgehead atoms. The molecule has 1 amide bonds. The minimum atomic E-state index is -1.99. The van der Waals surface area contributed by atoms with Gasteiger partial charge < -0.3 is 89.9 Å². The lowest BCUT2D eigenvalue weighted by Crippen LogP contribution is -2.66. The van der Waals surface area contributed by atoms with Gasteiger partial charge in [-0.15, -0.1) is 0 Å². The number of unbranched alkanes of at least 4 members (excludes halogenated alkanes) is 32. The standard InChI is InChI=1S/C85H147NO18/c1-3-5-7-9-11-13-15-17-19-21-23-25-27-29-30-31-32-33-34-35-36-37-38-39-41-43-45-47-49-51-53-55-57-59-61-63-73(91)86-68(69(90)62-60-58-56-54-52-50-48-46-44-42-40-28-26-24-22-20-18-16-14-12-10-8-6-4-2)67-99-83-79(97)76(94)81(71(65-88)101-83)104-85-80(98)77(95)82(72(66-89)102-85)103-84-78(96)75(93)74(92)70(64-87)100-84/h5,7,11,13,17,19,23,25,29-30,32-33,44,46,52,54,60,62,68-72,74-85,87-90,92-98H,3-4,6,8-10,12,14-16,18,20-22,24,26-28,31,34-43,45,47-51,53,55-59,61,63-67H2,1-2H3,(H,86,91)/b7-5-,13-11-,19-17-,25-23-,30-29-,33-32-,46-44+,54-52+,62-60+. The molecule has 0 aromatic heterocycles. The van der Waals surface area contributed by atoms with Gasteiger partial charge in [-0.05, 0) is 96.3 Å². The number of rotatable bonds is 64. The van der Waals surface area contributed by atoms with Crippen molar-refractivity contribution in [3.63, 3.8) is 0 Å². The number of allylic oxidation sites excluding steroid dienone is 17. The molecule has 12 N–H and O–H groups in total. The number of carbonyl (C=O) groups excluding carboxylic acids is 1. The summed E-state index contributed by atoms with van der Waals surface area (Å²) in [5, 5.41) is 121. The third-order valence-electron chi connectivity index (χ3n) is 19.8. The molecule has 0 aromatic rings. The van der Waals surface area contributed by atoms with Crippen LogP contribution in [0.3, 0.4) is 0 Å². The summed E-state index contributed by atoms with van der Waals surface area (Å²) in [6, 6.07) is -1.00. The van der Waals surface area contributed by atoms with Gasteiger partial charge in [0.05, 0.1) is 38.6 Å². The van der Waals surface area contributed by atoms with Crippen LogP contribution in [0.1, 0.15) is 290 Å². The third kappa shape index (κ3) is 43.6. The molecule has 0 radical (unpaired) electrons. The van der Waals surface area contributed by atoms with Gasteiger partial charge in [0.2, 0.25) is 5.91 Å². The van der Waals surface area contributed by atoms with Crippen LogP contribution in [0.5, 0.6) is 0 Å². The van der Waals surface area contributed by atoms with Gasteiger partial charge >= 0.3 is 0 Å². The van der Waals surface area contributed by atoms with Crippen LogP contribution in [0.4, 0.5) is 0 Å². The third-order valence-corrected chi connectivity index (χ3v) is 19.8. The maximum absolute atomic E-state index is 13.5. The van der Waals surface area contributed by atoms with E-state index in [0.29, 0.717) is 12.8 Å². The van der Waals surface area contributed by atoms with Crippen LogP contribution < -0.4 is 5.32 Å². The first-order valence-corrected chi connectivity index (χ1v) is 41.1. The SMILES string of the molecule is CC/C=C\C/C=C\C/C=C\C/C=C\C/C=C\C/C=C\CCCCCCCCCCCCCCCCCCC(=O)NC(COC1OC(CO)C(OC2OC(CO)C(OC3OC(CO)C(O)C(O)C3O)C(O)C2O)C(O)C1O)C(O)/C=C/CC/C=C/CC/C=C/CCCCCCCCCCCCCCCC. The summed E-state index contributed by atoms with van der Waals surface area (Å²) in [5.74, 6) is -0.290. The number of ether oxygens (including phenoxy) is 6. The molecule has 0 saturated carbocycles. The van der Waals surface area contributed by atoms with Crippen LogP contribution >= 0.6 is 0 Å². The van der Waals surface area contributed by atoms with Gasteiger partial charge in [0, 0.05) is 6.42 Å². The van der Waals surface area contributed by atoms with E-state index < -0.39 is 124 Å². The monoisotopic (exact) mass is 1470 g/mol. The molecule has 19 nitrogen and oxygen atoms in total. The Hall–Kier alpha value is -3.55. The van der Waals surface area contributed by atoms with Crippen LogP contribution in [0.15, 0.2) is 109 Å². The molecule has 0 aromatic carbocycles. The van der Waals surface area contributed by atoms with Crippen molar-refractivity contribution < 1.29 is 89.4 Å². The predicted octanol–water partition coefficient (Wildman–Crippen LogP) is 14.1. The van der Waals surface area contributed by atoms with Gasteiger partial charge in [-0.1, -0.05) is 297 Å². The highest BCUT2D eigenvalue weighted by molar-refractivity contribution is 5.76.